The standard InChI is InChI=1S/3C38H23NOS/c1-2-10-26(11-3-1)39-33-18-6-4-13-31(33)37-35(39)32-17-8-14-27(36(32)40-37)24-20-22-25(23-21-24)28-15-9-16-30-29-12-5-7-19-34(29)41-38(28)30;1-2-9-27(10-3-1)39-33-15-6-4-12-31(33)38-36(39)32-14-8-13-28(37(32)40-38)25-19-17-24(18-20-25)26-21-22-30-29-11-5-7-16-34(29)41-35(30)23-26;1-2-9-27(10-3-1)39-33-15-6-4-12-30(33)38-36(39)31-14-8-13-28(37(31)40-38)25-19-17-24(18-20-25)26-21-22-35-32(23-26)29-11-5-7-16-34(29)41-35/h3*1-23H. The van der Waals surface area contributed by atoms with Gasteiger partial charge in [-0.05, 0) is 177 Å². The Morgan fingerprint density at radius 1 is 0.163 bits per heavy atom. The van der Waals surface area contributed by atoms with E-state index in [4.69, 9.17) is 13.3 Å². The van der Waals surface area contributed by atoms with Crippen molar-refractivity contribution in [3.05, 3.63) is 419 Å². The summed E-state index contributed by atoms with van der Waals surface area (Å²) in [5, 5.41) is 14.7. The van der Waals surface area contributed by atoms with Crippen LogP contribution in [-0.4, -0.2) is 13.7 Å². The molecule has 27 aromatic rings. The lowest BCUT2D eigenvalue weighted by atomic mass is 9.98. The van der Waals surface area contributed by atoms with Gasteiger partial charge in [-0.3, -0.25) is 0 Å². The highest BCUT2D eigenvalue weighted by atomic mass is 32.1. The smallest absolute Gasteiger partial charge is 0.161 e. The first kappa shape index (κ1) is 70.6. The molecule has 9 aromatic heterocycles. The van der Waals surface area contributed by atoms with E-state index >= 15 is 0 Å². The van der Waals surface area contributed by atoms with Gasteiger partial charge >= 0.3 is 0 Å². The largest absolute Gasteiger partial charge is 0.453 e. The fourth-order valence-electron chi connectivity index (χ4n) is 19.0. The van der Waals surface area contributed by atoms with E-state index in [9.17, 15) is 0 Å². The average molecular weight is 1630 g/mol. The summed E-state index contributed by atoms with van der Waals surface area (Å²) in [6, 6.07) is 150. The number of benzene rings is 18. The third-order valence-electron chi connectivity index (χ3n) is 24.7. The number of hydrogen-bond acceptors (Lipinski definition) is 6. The number of furan rings is 3. The molecule has 0 atom stereocenters. The van der Waals surface area contributed by atoms with Crippen molar-refractivity contribution in [3.63, 3.8) is 0 Å². The lowest BCUT2D eigenvalue weighted by Crippen LogP contribution is -1.92. The Labute approximate surface area is 717 Å². The van der Waals surface area contributed by atoms with Gasteiger partial charge in [0.15, 0.2) is 16.7 Å². The molecule has 6 nitrogen and oxygen atoms in total. The Morgan fingerprint density at radius 2 is 0.447 bits per heavy atom. The van der Waals surface area contributed by atoms with Gasteiger partial charge in [0.25, 0.3) is 0 Å². The molecule has 0 bridgehead atoms. The van der Waals surface area contributed by atoms with Crippen LogP contribution in [0.25, 0.3) is 243 Å². The van der Waals surface area contributed by atoms with Crippen LogP contribution in [-0.2, 0) is 0 Å². The molecule has 9 heterocycles. The van der Waals surface area contributed by atoms with Crippen LogP contribution in [0.15, 0.2) is 432 Å². The van der Waals surface area contributed by atoms with E-state index < -0.39 is 0 Å². The van der Waals surface area contributed by atoms with Gasteiger partial charge in [0.1, 0.15) is 33.3 Å². The number of aromatic nitrogens is 3. The molecule has 0 saturated heterocycles. The van der Waals surface area contributed by atoms with E-state index in [0.717, 1.165) is 149 Å². The van der Waals surface area contributed by atoms with Crippen LogP contribution in [0.5, 0.6) is 0 Å². The second-order valence-electron chi connectivity index (χ2n) is 31.6. The number of rotatable bonds is 9. The van der Waals surface area contributed by atoms with Gasteiger partial charge in [0.05, 0.1) is 16.6 Å². The molecule has 18 aromatic carbocycles. The minimum absolute atomic E-state index is 0.923. The minimum Gasteiger partial charge on any atom is -0.453 e. The van der Waals surface area contributed by atoms with Crippen molar-refractivity contribution in [1.82, 2.24) is 13.7 Å². The summed E-state index contributed by atoms with van der Waals surface area (Å²) < 4.78 is 35.2. The zero-order valence-corrected chi connectivity index (χ0v) is 68.6. The van der Waals surface area contributed by atoms with Crippen molar-refractivity contribution < 1.29 is 13.3 Å². The summed E-state index contributed by atoms with van der Waals surface area (Å²) >= 11 is 5.59. The molecule has 0 N–H and O–H groups in total. The third-order valence-corrected chi connectivity index (χ3v) is 28.2. The molecular formula is C114H69N3O3S3. The fraction of sp³-hybridized carbons (Fsp3) is 0. The Kier molecular flexibility index (Phi) is 16.5. The average Bonchev–Trinajstić information content (AvgIpc) is 1.57. The predicted octanol–water partition coefficient (Wildman–Crippen LogP) is 33.7. The van der Waals surface area contributed by atoms with Crippen LogP contribution in [0.3, 0.4) is 0 Å². The fourth-order valence-corrected chi connectivity index (χ4v) is 22.5. The maximum Gasteiger partial charge on any atom is 0.161 e. The maximum atomic E-state index is 6.74. The van der Waals surface area contributed by atoms with Crippen LogP contribution < -0.4 is 0 Å². The van der Waals surface area contributed by atoms with E-state index in [1.54, 1.807) is 0 Å². The van der Waals surface area contributed by atoms with Crippen LogP contribution in [0.4, 0.5) is 0 Å². The highest BCUT2D eigenvalue weighted by molar-refractivity contribution is 7.27. The van der Waals surface area contributed by atoms with Crippen LogP contribution in [0, 0.1) is 0 Å². The van der Waals surface area contributed by atoms with E-state index in [2.05, 4.69) is 432 Å². The monoisotopic (exact) mass is 1620 g/mol. The molecule has 0 saturated carbocycles. The number of thiophene rings is 3. The summed E-state index contributed by atoms with van der Waals surface area (Å²) in [6.07, 6.45) is 0. The van der Waals surface area contributed by atoms with Gasteiger partial charge in [-0.1, -0.05) is 291 Å². The van der Waals surface area contributed by atoms with Crippen LogP contribution >= 0.6 is 34.0 Å². The molecule has 0 fully saturated rings. The first-order chi connectivity index (χ1) is 61.0. The van der Waals surface area contributed by atoms with E-state index in [1.807, 2.05) is 34.0 Å². The Morgan fingerprint density at radius 3 is 0.878 bits per heavy atom. The van der Waals surface area contributed by atoms with E-state index in [0.29, 0.717) is 0 Å². The highest BCUT2D eigenvalue weighted by Crippen LogP contribution is 2.49. The number of para-hydroxylation sites is 9. The third kappa shape index (κ3) is 11.5. The van der Waals surface area contributed by atoms with Gasteiger partial charge in [0.2, 0.25) is 0 Å². The van der Waals surface area contributed by atoms with Gasteiger partial charge in [0, 0.05) is 127 Å². The summed E-state index contributed by atoms with van der Waals surface area (Å²) in [6.45, 7) is 0. The molecule has 0 aliphatic carbocycles. The van der Waals surface area contributed by atoms with Gasteiger partial charge < -0.3 is 27.0 Å². The Balaban J connectivity index is 0.000000101. The SMILES string of the molecule is c1ccc(-n2c3ccccc3c3oc4c(-c5ccc(-c6ccc7c(c6)sc6ccccc67)cc5)cccc4c32)cc1.c1ccc(-n2c3ccccc3c3oc4c(-c5ccc(-c6ccc7sc8ccccc8c7c6)cc5)cccc4c32)cc1.c1ccc(-n2c3ccccc3c3oc4c(-c5ccc(-c6cccc7c6sc6ccccc67)cc5)cccc4c32)cc1. The molecule has 0 aliphatic rings. The molecule has 0 aliphatic heterocycles. The molecule has 123 heavy (non-hydrogen) atoms. The summed E-state index contributed by atoms with van der Waals surface area (Å²) in [4.78, 5) is 0. The maximum absolute atomic E-state index is 6.74. The quantitative estimate of drug-likeness (QED) is 0.145. The van der Waals surface area contributed by atoms with Gasteiger partial charge in [-0.25, -0.2) is 0 Å². The van der Waals surface area contributed by atoms with Crippen molar-refractivity contribution in [3.8, 4) is 83.8 Å². The molecular weight excluding hydrogens is 1560 g/mol. The van der Waals surface area contributed by atoms with Crippen LogP contribution in [0.1, 0.15) is 0 Å². The zero-order chi connectivity index (χ0) is 80.7. The second kappa shape index (κ2) is 28.7. The van der Waals surface area contributed by atoms with Gasteiger partial charge in [-0.15, -0.1) is 34.0 Å². The summed E-state index contributed by atoms with van der Waals surface area (Å²) in [5.74, 6) is 0. The molecule has 0 radical (unpaired) electrons. The highest BCUT2D eigenvalue weighted by Gasteiger charge is 2.26. The van der Waals surface area contributed by atoms with Gasteiger partial charge in [-0.2, -0.15) is 0 Å². The van der Waals surface area contributed by atoms with Crippen LogP contribution in [0.2, 0.25) is 0 Å². The van der Waals surface area contributed by atoms with Crippen molar-refractivity contribution >= 4 is 193 Å². The molecule has 0 amide bonds. The predicted molar refractivity (Wildman–Crippen MR) is 523 cm³/mol. The molecule has 27 rings (SSSR count). The lowest BCUT2D eigenvalue weighted by molar-refractivity contribution is 0.673. The van der Waals surface area contributed by atoms with Crippen molar-refractivity contribution in [2.24, 2.45) is 0 Å². The number of fused-ring (bicyclic) bond motifs is 24. The number of nitrogens with zero attached hydrogens (tertiary/aromatic N) is 3. The summed E-state index contributed by atoms with van der Waals surface area (Å²) in [7, 11) is 0. The molecule has 0 unspecified atom stereocenters. The molecule has 0 spiro atoms. The Bertz CT molecular complexity index is 8840. The second-order valence-corrected chi connectivity index (χ2v) is 34.8. The normalized spacial score (nSPS) is 11.9. The van der Waals surface area contributed by atoms with Crippen molar-refractivity contribution in [2.75, 3.05) is 0 Å². The number of hydrogen-bond donors (Lipinski definition) is 0. The van der Waals surface area contributed by atoms with E-state index in [-0.39, 0.29) is 0 Å². The van der Waals surface area contributed by atoms with Crippen molar-refractivity contribution in [1.29, 1.82) is 0 Å². The van der Waals surface area contributed by atoms with Crippen molar-refractivity contribution in [2.45, 2.75) is 0 Å². The first-order valence-electron chi connectivity index (χ1n) is 41.6. The topological polar surface area (TPSA) is 54.2 Å². The minimum atomic E-state index is 0.923. The molecule has 576 valence electrons. The lowest BCUT2D eigenvalue weighted by Gasteiger charge is -2.08. The first-order valence-corrected chi connectivity index (χ1v) is 44.0. The zero-order valence-electron chi connectivity index (χ0n) is 66.1. The summed E-state index contributed by atoms with van der Waals surface area (Å²) in [5.41, 5.74) is 29.9. The molecule has 9 heteroatoms. The Hall–Kier alpha value is -15.4. The van der Waals surface area contributed by atoms with E-state index in [1.165, 1.54) is 93.9 Å².